The number of aryl methyl sites for hydroxylation is 2. The first-order valence-corrected chi connectivity index (χ1v) is 10.7. The molecule has 2 N–H and O–H groups in total. The monoisotopic (exact) mass is 402 g/mol. The maximum Gasteiger partial charge on any atom is 0.225 e. The number of nitrogens with one attached hydrogen (secondary N) is 2. The minimum Gasteiger partial charge on any atom is -0.358 e. The molecule has 1 aromatic carbocycles. The summed E-state index contributed by atoms with van der Waals surface area (Å²) in [5.41, 5.74) is 6.08. The topological polar surface area (TPSA) is 78.1 Å². The predicted molar refractivity (Wildman–Crippen MR) is 115 cm³/mol. The van der Waals surface area contributed by atoms with E-state index in [1.165, 1.54) is 35.0 Å². The third-order valence-electron chi connectivity index (χ3n) is 6.31. The summed E-state index contributed by atoms with van der Waals surface area (Å²) in [6.45, 7) is 1.46. The van der Waals surface area contributed by atoms with Crippen LogP contribution < -0.4 is 5.32 Å². The van der Waals surface area contributed by atoms with Crippen LogP contribution in [-0.2, 0) is 35.5 Å². The van der Waals surface area contributed by atoms with E-state index >= 15 is 0 Å². The van der Waals surface area contributed by atoms with Gasteiger partial charge in [0.1, 0.15) is 0 Å². The second-order valence-electron chi connectivity index (χ2n) is 8.42. The maximum absolute atomic E-state index is 12.7. The molecular formula is C24H26N4O2. The molecule has 1 unspecified atom stereocenters. The first-order valence-electron chi connectivity index (χ1n) is 10.7. The van der Waals surface area contributed by atoms with Crippen LogP contribution in [0.15, 0.2) is 42.7 Å². The first-order chi connectivity index (χ1) is 14.7. The summed E-state index contributed by atoms with van der Waals surface area (Å²) in [5, 5.41) is 4.33. The molecule has 1 fully saturated rings. The SMILES string of the molecule is O=C(NCc1ccc2[nH]c3c(c2c1)CCCC3)C1CC(=O)N(Cc2cccnc2)C1. The largest absolute Gasteiger partial charge is 0.358 e. The van der Waals surface area contributed by atoms with Gasteiger partial charge in [0.15, 0.2) is 0 Å². The first kappa shape index (κ1) is 18.9. The van der Waals surface area contributed by atoms with Crippen molar-refractivity contribution < 1.29 is 9.59 Å². The summed E-state index contributed by atoms with van der Waals surface area (Å²) in [7, 11) is 0. The van der Waals surface area contributed by atoms with Gasteiger partial charge in [-0.2, -0.15) is 0 Å². The van der Waals surface area contributed by atoms with Crippen molar-refractivity contribution in [1.29, 1.82) is 0 Å². The van der Waals surface area contributed by atoms with Crippen LogP contribution in [0.25, 0.3) is 10.9 Å². The second-order valence-corrected chi connectivity index (χ2v) is 8.42. The highest BCUT2D eigenvalue weighted by Gasteiger charge is 2.34. The Morgan fingerprint density at radius 1 is 1.20 bits per heavy atom. The van der Waals surface area contributed by atoms with E-state index in [2.05, 4.69) is 33.5 Å². The molecule has 6 heteroatoms. The molecule has 0 spiro atoms. The fraction of sp³-hybridized carbons (Fsp3) is 0.375. The van der Waals surface area contributed by atoms with Crippen LogP contribution in [-0.4, -0.2) is 33.2 Å². The van der Waals surface area contributed by atoms with Crippen LogP contribution in [0.5, 0.6) is 0 Å². The number of carbonyl (C=O) groups excluding carboxylic acids is 2. The van der Waals surface area contributed by atoms with Gasteiger partial charge in [0.05, 0.1) is 5.92 Å². The average molecular weight is 402 g/mol. The summed E-state index contributed by atoms with van der Waals surface area (Å²) in [5.74, 6) is -0.314. The molecule has 30 heavy (non-hydrogen) atoms. The van der Waals surface area contributed by atoms with Crippen molar-refractivity contribution in [1.82, 2.24) is 20.2 Å². The van der Waals surface area contributed by atoms with E-state index in [0.717, 1.165) is 24.0 Å². The fourth-order valence-corrected chi connectivity index (χ4v) is 4.71. The molecule has 0 radical (unpaired) electrons. The molecule has 2 amide bonds. The Hall–Kier alpha value is -3.15. The standard InChI is InChI=1S/C24H26N4O2/c29-23-11-18(15-28(23)14-17-4-3-9-25-12-17)24(30)26-13-16-7-8-22-20(10-16)19-5-1-2-6-21(19)27-22/h3-4,7-10,12,18,27H,1-2,5-6,11,13-15H2,(H,26,30). The van der Waals surface area contributed by atoms with Crippen molar-refractivity contribution in [3.63, 3.8) is 0 Å². The zero-order valence-electron chi connectivity index (χ0n) is 17.0. The number of amides is 2. The smallest absolute Gasteiger partial charge is 0.225 e. The van der Waals surface area contributed by atoms with Crippen molar-refractivity contribution in [2.75, 3.05) is 6.54 Å². The van der Waals surface area contributed by atoms with Crippen LogP contribution in [0.4, 0.5) is 0 Å². The lowest BCUT2D eigenvalue weighted by Gasteiger charge is -2.16. The molecule has 1 aliphatic heterocycles. The maximum atomic E-state index is 12.7. The van der Waals surface area contributed by atoms with E-state index in [1.54, 1.807) is 17.3 Å². The van der Waals surface area contributed by atoms with Gasteiger partial charge in [0.2, 0.25) is 11.8 Å². The Balaban J connectivity index is 1.21. The summed E-state index contributed by atoms with van der Waals surface area (Å²) >= 11 is 0. The van der Waals surface area contributed by atoms with Gasteiger partial charge in [0.25, 0.3) is 0 Å². The Morgan fingerprint density at radius 2 is 2.10 bits per heavy atom. The Morgan fingerprint density at radius 3 is 2.97 bits per heavy atom. The number of H-pyrrole nitrogens is 1. The number of benzene rings is 1. The lowest BCUT2D eigenvalue weighted by Crippen LogP contribution is -2.32. The third kappa shape index (κ3) is 3.70. The molecule has 2 aromatic heterocycles. The van der Waals surface area contributed by atoms with E-state index in [-0.39, 0.29) is 24.2 Å². The van der Waals surface area contributed by atoms with Crippen molar-refractivity contribution in [2.45, 2.75) is 45.2 Å². The molecule has 3 heterocycles. The number of fused-ring (bicyclic) bond motifs is 3. The zero-order valence-corrected chi connectivity index (χ0v) is 17.0. The number of aromatic nitrogens is 2. The van der Waals surface area contributed by atoms with Gasteiger partial charge >= 0.3 is 0 Å². The molecule has 2 aliphatic rings. The average Bonchev–Trinajstić information content (AvgIpc) is 3.33. The summed E-state index contributed by atoms with van der Waals surface area (Å²) < 4.78 is 0. The number of carbonyl (C=O) groups is 2. The Labute approximate surface area is 175 Å². The highest BCUT2D eigenvalue weighted by molar-refractivity contribution is 5.89. The highest BCUT2D eigenvalue weighted by Crippen LogP contribution is 2.29. The molecule has 1 atom stereocenters. The number of hydrogen-bond donors (Lipinski definition) is 2. The predicted octanol–water partition coefficient (Wildman–Crippen LogP) is 3.11. The van der Waals surface area contributed by atoms with Crippen LogP contribution in [0.2, 0.25) is 0 Å². The van der Waals surface area contributed by atoms with Gasteiger partial charge in [-0.3, -0.25) is 14.6 Å². The molecule has 1 saturated heterocycles. The molecule has 5 rings (SSSR count). The van der Waals surface area contributed by atoms with E-state index in [4.69, 9.17) is 0 Å². The number of pyridine rings is 1. The zero-order chi connectivity index (χ0) is 20.5. The molecule has 1 aliphatic carbocycles. The van der Waals surface area contributed by atoms with Crippen LogP contribution in [0, 0.1) is 5.92 Å². The van der Waals surface area contributed by atoms with E-state index < -0.39 is 0 Å². The molecule has 6 nitrogen and oxygen atoms in total. The fourth-order valence-electron chi connectivity index (χ4n) is 4.71. The number of rotatable bonds is 5. The number of aromatic amines is 1. The van der Waals surface area contributed by atoms with Gasteiger partial charge in [-0.05, 0) is 60.6 Å². The van der Waals surface area contributed by atoms with Crippen molar-refractivity contribution in [3.8, 4) is 0 Å². The van der Waals surface area contributed by atoms with E-state index in [9.17, 15) is 9.59 Å². The second kappa shape index (κ2) is 7.94. The van der Waals surface area contributed by atoms with E-state index in [0.29, 0.717) is 19.6 Å². The Bertz CT molecular complexity index is 1090. The van der Waals surface area contributed by atoms with Crippen molar-refractivity contribution in [2.24, 2.45) is 5.92 Å². The van der Waals surface area contributed by atoms with E-state index in [1.807, 2.05) is 12.1 Å². The molecule has 0 saturated carbocycles. The number of nitrogens with zero attached hydrogens (tertiary/aromatic N) is 2. The minimum atomic E-state index is -0.294. The third-order valence-corrected chi connectivity index (χ3v) is 6.31. The van der Waals surface area contributed by atoms with Crippen LogP contribution >= 0.6 is 0 Å². The quantitative estimate of drug-likeness (QED) is 0.688. The molecular weight excluding hydrogens is 376 g/mol. The Kier molecular flexibility index (Phi) is 4.99. The van der Waals surface area contributed by atoms with Gasteiger partial charge in [-0.1, -0.05) is 12.1 Å². The summed E-state index contributed by atoms with van der Waals surface area (Å²) in [4.78, 5) is 34.4. The van der Waals surface area contributed by atoms with Crippen molar-refractivity contribution in [3.05, 3.63) is 65.1 Å². The lowest BCUT2D eigenvalue weighted by atomic mass is 9.95. The molecule has 154 valence electrons. The minimum absolute atomic E-state index is 0.0272. The van der Waals surface area contributed by atoms with Gasteiger partial charge in [0, 0.05) is 55.0 Å². The van der Waals surface area contributed by atoms with Crippen molar-refractivity contribution >= 4 is 22.7 Å². The number of likely N-dealkylation sites (tertiary alicyclic amines) is 1. The van der Waals surface area contributed by atoms with Crippen LogP contribution in [0.1, 0.15) is 41.6 Å². The normalized spacial score (nSPS) is 18.6. The molecule has 0 bridgehead atoms. The summed E-state index contributed by atoms with van der Waals surface area (Å²) in [6, 6.07) is 10.2. The highest BCUT2D eigenvalue weighted by atomic mass is 16.2. The van der Waals surface area contributed by atoms with Gasteiger partial charge < -0.3 is 15.2 Å². The lowest BCUT2D eigenvalue weighted by molar-refractivity contribution is -0.129. The van der Waals surface area contributed by atoms with Gasteiger partial charge in [-0.15, -0.1) is 0 Å². The number of hydrogen-bond acceptors (Lipinski definition) is 3. The molecule has 3 aromatic rings. The van der Waals surface area contributed by atoms with Crippen LogP contribution in [0.3, 0.4) is 0 Å². The summed E-state index contributed by atoms with van der Waals surface area (Å²) in [6.07, 6.45) is 8.50. The van der Waals surface area contributed by atoms with Gasteiger partial charge in [-0.25, -0.2) is 0 Å².